The number of hydrogen-bond donors (Lipinski definition) is 1. The van der Waals surface area contributed by atoms with Gasteiger partial charge in [-0.3, -0.25) is 9.59 Å². The minimum atomic E-state index is -0.335. The summed E-state index contributed by atoms with van der Waals surface area (Å²) in [6, 6.07) is 13.1. The average Bonchev–Trinajstić information content (AvgIpc) is 3.03. The van der Waals surface area contributed by atoms with Crippen molar-refractivity contribution in [1.29, 1.82) is 0 Å². The number of nitrogens with zero attached hydrogens (tertiary/aromatic N) is 1. The molecule has 5 nitrogen and oxygen atoms in total. The highest BCUT2D eigenvalue weighted by Crippen LogP contribution is 2.24. The number of hydrogen-bond acceptors (Lipinski definition) is 3. The van der Waals surface area contributed by atoms with E-state index in [4.69, 9.17) is 16.3 Å². The van der Waals surface area contributed by atoms with Crippen molar-refractivity contribution >= 4 is 29.1 Å². The number of halogens is 1. The summed E-state index contributed by atoms with van der Waals surface area (Å²) in [5, 5.41) is 3.55. The molecule has 0 spiro atoms. The van der Waals surface area contributed by atoms with Crippen LogP contribution in [0, 0.1) is 12.8 Å². The second kappa shape index (κ2) is 8.44. The zero-order valence-corrected chi connectivity index (χ0v) is 16.3. The van der Waals surface area contributed by atoms with E-state index in [0.29, 0.717) is 18.1 Å². The minimum absolute atomic E-state index is 0.0193. The van der Waals surface area contributed by atoms with E-state index >= 15 is 0 Å². The Hall–Kier alpha value is -2.53. The molecule has 0 saturated carbocycles. The Kier molecular flexibility index (Phi) is 6.01. The fourth-order valence-electron chi connectivity index (χ4n) is 3.26. The van der Waals surface area contributed by atoms with Crippen molar-refractivity contribution in [3.8, 4) is 5.75 Å². The van der Waals surface area contributed by atoms with Gasteiger partial charge >= 0.3 is 0 Å². The maximum Gasteiger partial charge on any atom is 0.229 e. The second-order valence-corrected chi connectivity index (χ2v) is 7.23. The van der Waals surface area contributed by atoms with Crippen molar-refractivity contribution in [2.45, 2.75) is 19.8 Å². The van der Waals surface area contributed by atoms with Gasteiger partial charge in [0.05, 0.1) is 13.0 Å². The Morgan fingerprint density at radius 3 is 2.85 bits per heavy atom. The third-order valence-electron chi connectivity index (χ3n) is 4.84. The Labute approximate surface area is 164 Å². The summed E-state index contributed by atoms with van der Waals surface area (Å²) in [5.74, 6) is 0.359. The highest BCUT2D eigenvalue weighted by Gasteiger charge is 2.34. The molecule has 1 unspecified atom stereocenters. The van der Waals surface area contributed by atoms with Gasteiger partial charge in [0.15, 0.2) is 0 Å². The molecule has 2 aromatic carbocycles. The molecule has 1 atom stereocenters. The minimum Gasteiger partial charge on any atom is -0.497 e. The molecular weight excluding hydrogens is 364 g/mol. The van der Waals surface area contributed by atoms with Crippen LogP contribution in [-0.4, -0.2) is 36.9 Å². The highest BCUT2D eigenvalue weighted by atomic mass is 35.5. The summed E-state index contributed by atoms with van der Waals surface area (Å²) in [6.07, 6.45) is 0.976. The van der Waals surface area contributed by atoms with Crippen molar-refractivity contribution < 1.29 is 14.3 Å². The maximum atomic E-state index is 12.6. The van der Waals surface area contributed by atoms with Gasteiger partial charge in [0, 0.05) is 30.2 Å². The van der Waals surface area contributed by atoms with E-state index in [0.717, 1.165) is 29.0 Å². The number of rotatable bonds is 6. The van der Waals surface area contributed by atoms with Crippen molar-refractivity contribution in [3.63, 3.8) is 0 Å². The lowest BCUT2D eigenvalue weighted by Crippen LogP contribution is -2.30. The molecule has 1 fully saturated rings. The molecule has 3 rings (SSSR count). The van der Waals surface area contributed by atoms with E-state index in [1.165, 1.54) is 0 Å². The molecule has 1 heterocycles. The van der Waals surface area contributed by atoms with Crippen LogP contribution in [0.3, 0.4) is 0 Å². The molecule has 0 aromatic heterocycles. The monoisotopic (exact) mass is 386 g/mol. The Morgan fingerprint density at radius 1 is 1.30 bits per heavy atom. The maximum absolute atomic E-state index is 12.6. The van der Waals surface area contributed by atoms with Gasteiger partial charge in [-0.15, -0.1) is 0 Å². The van der Waals surface area contributed by atoms with Gasteiger partial charge in [-0.2, -0.15) is 0 Å². The number of aryl methyl sites for hydroxylation is 1. The van der Waals surface area contributed by atoms with Crippen LogP contribution in [0.1, 0.15) is 17.5 Å². The van der Waals surface area contributed by atoms with E-state index in [1.54, 1.807) is 30.2 Å². The zero-order valence-electron chi connectivity index (χ0n) is 15.5. The molecule has 142 valence electrons. The lowest BCUT2D eigenvalue weighted by Gasteiger charge is -2.17. The van der Waals surface area contributed by atoms with Gasteiger partial charge in [0.25, 0.3) is 0 Å². The molecule has 1 saturated heterocycles. The quantitative estimate of drug-likeness (QED) is 0.823. The fourth-order valence-corrected chi connectivity index (χ4v) is 3.48. The van der Waals surface area contributed by atoms with Gasteiger partial charge in [0.1, 0.15) is 5.75 Å². The smallest absolute Gasteiger partial charge is 0.229 e. The van der Waals surface area contributed by atoms with Crippen LogP contribution < -0.4 is 10.1 Å². The average molecular weight is 387 g/mol. The summed E-state index contributed by atoms with van der Waals surface area (Å²) >= 11 is 5.95. The number of carbonyl (C=O) groups is 2. The van der Waals surface area contributed by atoms with Crippen LogP contribution in [0.2, 0.25) is 5.02 Å². The second-order valence-electron chi connectivity index (χ2n) is 6.79. The predicted octanol–water partition coefficient (Wildman–Crippen LogP) is 3.69. The number of nitrogens with one attached hydrogen (secondary N) is 1. The van der Waals surface area contributed by atoms with Gasteiger partial charge < -0.3 is 15.0 Å². The molecule has 0 bridgehead atoms. The highest BCUT2D eigenvalue weighted by molar-refractivity contribution is 6.30. The number of carbonyl (C=O) groups excluding carboxylic acids is 2. The first kappa shape index (κ1) is 19.2. The summed E-state index contributed by atoms with van der Waals surface area (Å²) in [7, 11) is 1.63. The van der Waals surface area contributed by atoms with E-state index in [2.05, 4.69) is 5.32 Å². The molecule has 1 aliphatic heterocycles. The lowest BCUT2D eigenvalue weighted by molar-refractivity contribution is -0.128. The SMILES string of the molecule is COc1cccc(CCN2CC(C(=O)Nc3ccc(Cl)cc3C)CC2=O)c1. The summed E-state index contributed by atoms with van der Waals surface area (Å²) in [5.41, 5.74) is 2.73. The van der Waals surface area contributed by atoms with Crippen LogP contribution in [0.5, 0.6) is 5.75 Å². The first-order valence-corrected chi connectivity index (χ1v) is 9.32. The van der Waals surface area contributed by atoms with Crippen LogP contribution in [0.25, 0.3) is 0 Å². The van der Waals surface area contributed by atoms with E-state index in [1.807, 2.05) is 31.2 Å². The van der Waals surface area contributed by atoms with Gasteiger partial charge in [-0.25, -0.2) is 0 Å². The van der Waals surface area contributed by atoms with E-state index in [-0.39, 0.29) is 24.2 Å². The molecule has 0 radical (unpaired) electrons. The number of likely N-dealkylation sites (tertiary alicyclic amines) is 1. The first-order valence-electron chi connectivity index (χ1n) is 8.94. The number of methoxy groups -OCH3 is 1. The predicted molar refractivity (Wildman–Crippen MR) is 106 cm³/mol. The van der Waals surface area contributed by atoms with Gasteiger partial charge in [0.2, 0.25) is 11.8 Å². The molecule has 27 heavy (non-hydrogen) atoms. The third-order valence-corrected chi connectivity index (χ3v) is 5.07. The number of ether oxygens (including phenoxy) is 1. The van der Waals surface area contributed by atoms with Gasteiger partial charge in [-0.1, -0.05) is 23.7 Å². The molecule has 1 aliphatic rings. The largest absolute Gasteiger partial charge is 0.497 e. The topological polar surface area (TPSA) is 58.6 Å². The van der Waals surface area contributed by atoms with E-state index in [9.17, 15) is 9.59 Å². The number of amides is 2. The Bertz CT molecular complexity index is 853. The Balaban J connectivity index is 1.57. The molecule has 6 heteroatoms. The van der Waals surface area contributed by atoms with Crippen LogP contribution >= 0.6 is 11.6 Å². The summed E-state index contributed by atoms with van der Waals surface area (Å²) in [6.45, 7) is 2.93. The third kappa shape index (κ3) is 4.80. The van der Waals surface area contributed by atoms with Gasteiger partial charge in [-0.05, 0) is 54.8 Å². The molecule has 0 aliphatic carbocycles. The van der Waals surface area contributed by atoms with Crippen LogP contribution in [0.4, 0.5) is 5.69 Å². The molecule has 2 aromatic rings. The fraction of sp³-hybridized carbons (Fsp3) is 0.333. The van der Waals surface area contributed by atoms with E-state index < -0.39 is 0 Å². The summed E-state index contributed by atoms with van der Waals surface area (Å²) < 4.78 is 5.23. The zero-order chi connectivity index (χ0) is 19.4. The number of benzene rings is 2. The summed E-state index contributed by atoms with van der Waals surface area (Å²) in [4.78, 5) is 26.6. The van der Waals surface area contributed by atoms with Crippen molar-refractivity contribution in [2.75, 3.05) is 25.5 Å². The molecular formula is C21H23ClN2O3. The number of anilines is 1. The van der Waals surface area contributed by atoms with Crippen molar-refractivity contribution in [2.24, 2.45) is 5.92 Å². The lowest BCUT2D eigenvalue weighted by atomic mass is 10.1. The molecule has 2 amide bonds. The standard InChI is InChI=1S/C21H23ClN2O3/c1-14-10-17(22)6-7-19(14)23-21(26)16-12-20(25)24(13-16)9-8-15-4-3-5-18(11-15)27-2/h3-7,10-11,16H,8-9,12-13H2,1-2H3,(H,23,26). The van der Waals surface area contributed by atoms with Crippen LogP contribution in [0.15, 0.2) is 42.5 Å². The van der Waals surface area contributed by atoms with Crippen molar-refractivity contribution in [3.05, 3.63) is 58.6 Å². The normalized spacial score (nSPS) is 16.5. The molecule has 1 N–H and O–H groups in total. The van der Waals surface area contributed by atoms with Crippen molar-refractivity contribution in [1.82, 2.24) is 4.90 Å². The Morgan fingerprint density at radius 2 is 2.11 bits per heavy atom. The van der Waals surface area contributed by atoms with Crippen LogP contribution in [-0.2, 0) is 16.0 Å². The first-order chi connectivity index (χ1) is 13.0.